The summed E-state index contributed by atoms with van der Waals surface area (Å²) in [6.45, 7) is -0.727. The van der Waals surface area contributed by atoms with Crippen molar-refractivity contribution < 1.29 is 28.7 Å². The number of rotatable bonds is 9. The zero-order valence-electron chi connectivity index (χ0n) is 20.8. The number of hydrogen-bond acceptors (Lipinski definition) is 7. The maximum atomic E-state index is 14.3. The fourth-order valence-electron chi connectivity index (χ4n) is 4.24. The van der Waals surface area contributed by atoms with Crippen LogP contribution in [-0.2, 0) is 30.5 Å². The molecule has 0 spiro atoms. The third-order valence-corrected chi connectivity index (χ3v) is 6.23. The predicted octanol–water partition coefficient (Wildman–Crippen LogP) is 2.36. The van der Waals surface area contributed by atoms with Crippen LogP contribution in [0.5, 0.6) is 0 Å². The van der Waals surface area contributed by atoms with E-state index in [1.54, 1.807) is 72.8 Å². The van der Waals surface area contributed by atoms with Crippen LogP contribution in [0.2, 0.25) is 0 Å². The van der Waals surface area contributed by atoms with Gasteiger partial charge in [-0.15, -0.1) is 0 Å². The molecule has 1 fully saturated rings. The Morgan fingerprint density at radius 1 is 0.947 bits per heavy atom. The Bertz CT molecular complexity index is 1280. The minimum atomic E-state index is -1.89. The Labute approximate surface area is 219 Å². The van der Waals surface area contributed by atoms with Crippen molar-refractivity contribution in [3.63, 3.8) is 0 Å². The van der Waals surface area contributed by atoms with Gasteiger partial charge in [0.2, 0.25) is 11.6 Å². The average molecular weight is 517 g/mol. The number of benzene rings is 3. The normalized spacial score (nSPS) is 16.9. The summed E-state index contributed by atoms with van der Waals surface area (Å²) in [5, 5.41) is 2.51. The molecule has 38 heavy (non-hydrogen) atoms. The van der Waals surface area contributed by atoms with Crippen molar-refractivity contribution in [1.29, 1.82) is 0 Å². The molecule has 0 radical (unpaired) electrons. The van der Waals surface area contributed by atoms with Crippen LogP contribution in [0.15, 0.2) is 91.0 Å². The van der Waals surface area contributed by atoms with Crippen LogP contribution in [0.25, 0.3) is 0 Å². The van der Waals surface area contributed by atoms with E-state index >= 15 is 0 Å². The molecule has 1 unspecified atom stereocenters. The molecule has 10 heteroatoms. The van der Waals surface area contributed by atoms with Crippen molar-refractivity contribution in [2.24, 2.45) is 5.73 Å². The van der Waals surface area contributed by atoms with E-state index < -0.39 is 42.1 Å². The van der Waals surface area contributed by atoms with Crippen molar-refractivity contribution in [1.82, 2.24) is 10.2 Å². The molecule has 0 aromatic heterocycles. The van der Waals surface area contributed by atoms with E-state index in [0.29, 0.717) is 16.2 Å². The van der Waals surface area contributed by atoms with Gasteiger partial charge >= 0.3 is 6.09 Å². The number of imide groups is 1. The van der Waals surface area contributed by atoms with Gasteiger partial charge in [0.25, 0.3) is 11.8 Å². The fourth-order valence-corrected chi connectivity index (χ4v) is 4.24. The maximum Gasteiger partial charge on any atom is 0.415 e. The van der Waals surface area contributed by atoms with E-state index in [4.69, 9.17) is 15.2 Å². The van der Waals surface area contributed by atoms with E-state index in [1.165, 1.54) is 7.11 Å². The number of para-hydroxylation sites is 1. The minimum absolute atomic E-state index is 0.0471. The van der Waals surface area contributed by atoms with Gasteiger partial charge in [-0.2, -0.15) is 0 Å². The largest absolute Gasteiger partial charge is 0.444 e. The number of anilines is 1. The fraction of sp³-hybridized carbons (Fsp3) is 0.214. The topological polar surface area (TPSA) is 131 Å². The number of ether oxygens (including phenoxy) is 2. The second kappa shape index (κ2) is 11.7. The highest BCUT2D eigenvalue weighted by atomic mass is 16.6. The molecule has 196 valence electrons. The summed E-state index contributed by atoms with van der Waals surface area (Å²) in [5.41, 5.74) is 5.24. The smallest absolute Gasteiger partial charge is 0.415 e. The van der Waals surface area contributed by atoms with Gasteiger partial charge in [-0.1, -0.05) is 78.9 Å². The Balaban J connectivity index is 1.82. The molecule has 4 amide bonds. The third kappa shape index (κ3) is 5.13. The first-order chi connectivity index (χ1) is 18.4. The number of amides is 4. The van der Waals surface area contributed by atoms with Crippen LogP contribution >= 0.6 is 0 Å². The van der Waals surface area contributed by atoms with Gasteiger partial charge in [0.15, 0.2) is 0 Å². The van der Waals surface area contributed by atoms with Crippen molar-refractivity contribution in [3.8, 4) is 0 Å². The summed E-state index contributed by atoms with van der Waals surface area (Å²) in [4.78, 5) is 55.5. The SMILES string of the molecule is COC1(N(C(=O)CN)C(=O)[C@H](c2ccccc2)N(C(=O)OCc2ccccc2)c2ccccc2)CNC1=O. The van der Waals surface area contributed by atoms with E-state index in [1.807, 2.05) is 18.2 Å². The van der Waals surface area contributed by atoms with Crippen LogP contribution < -0.4 is 16.0 Å². The first-order valence-corrected chi connectivity index (χ1v) is 11.9. The molecule has 4 rings (SSSR count). The zero-order chi connectivity index (χ0) is 27.1. The van der Waals surface area contributed by atoms with Crippen molar-refractivity contribution in [2.45, 2.75) is 18.4 Å². The maximum absolute atomic E-state index is 14.3. The molecule has 2 atom stereocenters. The second-order valence-corrected chi connectivity index (χ2v) is 8.50. The first-order valence-electron chi connectivity index (χ1n) is 11.9. The van der Waals surface area contributed by atoms with Gasteiger partial charge < -0.3 is 20.5 Å². The standard InChI is InChI=1S/C28H28N4O6/c1-37-28(19-30-26(28)35)32(23(33)17-29)25(34)24(21-13-7-3-8-14-21)31(22-15-9-4-10-16-22)27(36)38-18-20-11-5-2-6-12-20/h2-16,24H,17-19,29H2,1H3,(H,30,35)/t24-,28?/m0/s1. The van der Waals surface area contributed by atoms with Crippen LogP contribution in [0.1, 0.15) is 17.2 Å². The molecule has 0 aliphatic carbocycles. The van der Waals surface area contributed by atoms with E-state index in [0.717, 1.165) is 10.5 Å². The summed E-state index contributed by atoms with van der Waals surface area (Å²) in [6.07, 6.45) is -0.827. The Morgan fingerprint density at radius 3 is 2.03 bits per heavy atom. The van der Waals surface area contributed by atoms with Crippen LogP contribution in [0, 0.1) is 0 Å². The van der Waals surface area contributed by atoms with E-state index in [-0.39, 0.29) is 13.2 Å². The molecule has 10 nitrogen and oxygen atoms in total. The molecular weight excluding hydrogens is 488 g/mol. The highest BCUT2D eigenvalue weighted by molar-refractivity contribution is 6.09. The molecular formula is C28H28N4O6. The number of β-lactam (4-membered cyclic amide) rings is 1. The predicted molar refractivity (Wildman–Crippen MR) is 138 cm³/mol. The zero-order valence-corrected chi connectivity index (χ0v) is 20.8. The van der Waals surface area contributed by atoms with Crippen LogP contribution in [0.3, 0.4) is 0 Å². The lowest BCUT2D eigenvalue weighted by molar-refractivity contribution is -0.200. The van der Waals surface area contributed by atoms with Gasteiger partial charge in [0.05, 0.1) is 13.1 Å². The summed E-state index contributed by atoms with van der Waals surface area (Å²) in [5.74, 6) is -2.37. The highest BCUT2D eigenvalue weighted by Gasteiger charge is 2.58. The first kappa shape index (κ1) is 26.5. The molecule has 0 saturated carbocycles. The Morgan fingerprint density at radius 2 is 1.53 bits per heavy atom. The number of carbonyl (C=O) groups is 4. The number of carbonyl (C=O) groups excluding carboxylic acids is 4. The molecule has 1 aliphatic heterocycles. The summed E-state index contributed by atoms with van der Waals surface area (Å²) < 4.78 is 11.0. The Hall–Kier alpha value is -4.54. The monoisotopic (exact) mass is 516 g/mol. The van der Waals surface area contributed by atoms with Crippen LogP contribution in [0.4, 0.5) is 10.5 Å². The molecule has 1 aliphatic rings. The number of hydrogen-bond donors (Lipinski definition) is 2. The van der Waals surface area contributed by atoms with Gasteiger partial charge in [0.1, 0.15) is 12.6 Å². The minimum Gasteiger partial charge on any atom is -0.444 e. The number of nitrogens with two attached hydrogens (primary N) is 1. The molecule has 1 heterocycles. The van der Waals surface area contributed by atoms with E-state index in [9.17, 15) is 19.2 Å². The quantitative estimate of drug-likeness (QED) is 0.330. The number of nitrogens with one attached hydrogen (secondary N) is 1. The lowest BCUT2D eigenvalue weighted by Crippen LogP contribution is -2.77. The molecule has 3 N–H and O–H groups in total. The van der Waals surface area contributed by atoms with Gasteiger partial charge in [-0.25, -0.2) is 9.69 Å². The highest BCUT2D eigenvalue weighted by Crippen LogP contribution is 2.34. The molecule has 3 aromatic carbocycles. The third-order valence-electron chi connectivity index (χ3n) is 6.23. The average Bonchev–Trinajstić information content (AvgIpc) is 2.97. The summed E-state index contributed by atoms with van der Waals surface area (Å²) >= 11 is 0. The van der Waals surface area contributed by atoms with Gasteiger partial charge in [0, 0.05) is 12.8 Å². The number of methoxy groups -OCH3 is 1. The molecule has 3 aromatic rings. The lowest BCUT2D eigenvalue weighted by atomic mass is 9.98. The van der Waals surface area contributed by atoms with Crippen molar-refractivity contribution >= 4 is 29.5 Å². The van der Waals surface area contributed by atoms with Crippen molar-refractivity contribution in [3.05, 3.63) is 102 Å². The van der Waals surface area contributed by atoms with Gasteiger partial charge in [-0.05, 0) is 23.3 Å². The van der Waals surface area contributed by atoms with Crippen molar-refractivity contribution in [2.75, 3.05) is 25.1 Å². The molecule has 0 bridgehead atoms. The number of nitrogens with zero attached hydrogens (tertiary/aromatic N) is 2. The lowest BCUT2D eigenvalue weighted by Gasteiger charge is -2.47. The van der Waals surface area contributed by atoms with E-state index in [2.05, 4.69) is 5.32 Å². The summed E-state index contributed by atoms with van der Waals surface area (Å²) in [7, 11) is 1.23. The summed E-state index contributed by atoms with van der Waals surface area (Å²) in [6, 6.07) is 24.6. The van der Waals surface area contributed by atoms with Gasteiger partial charge in [-0.3, -0.25) is 19.3 Å². The Kier molecular flexibility index (Phi) is 8.15. The second-order valence-electron chi connectivity index (χ2n) is 8.50. The van der Waals surface area contributed by atoms with Crippen LogP contribution in [-0.4, -0.2) is 54.6 Å². The molecule has 1 saturated heterocycles.